The zero-order valence-electron chi connectivity index (χ0n) is 19.8. The van der Waals surface area contributed by atoms with Crippen LogP contribution < -0.4 is 0 Å². The molecule has 0 N–H and O–H groups in total. The first-order valence-corrected chi connectivity index (χ1v) is 12.7. The fourth-order valence-electron chi connectivity index (χ4n) is 5.79. The van der Waals surface area contributed by atoms with E-state index in [9.17, 15) is 0 Å². The second kappa shape index (κ2) is 9.76. The number of aryl methyl sites for hydroxylation is 2. The number of pyridine rings is 1. The number of benzene rings is 1. The molecule has 0 bridgehead atoms. The number of fused-ring (bicyclic) bond motifs is 1. The van der Waals surface area contributed by atoms with E-state index in [0.29, 0.717) is 6.04 Å². The molecule has 2 aromatic heterocycles. The number of hydrogen-bond donors (Lipinski definition) is 0. The summed E-state index contributed by atoms with van der Waals surface area (Å²) in [5.74, 6) is 0.753. The summed E-state index contributed by atoms with van der Waals surface area (Å²) in [4.78, 5) is 9.70. The lowest BCUT2D eigenvalue weighted by molar-refractivity contribution is 0.144. The Morgan fingerprint density at radius 2 is 1.53 bits per heavy atom. The summed E-state index contributed by atoms with van der Waals surface area (Å²) in [6.45, 7) is 11.8. The highest BCUT2D eigenvalue weighted by Crippen LogP contribution is 2.30. The normalized spacial score (nSPS) is 19.7. The summed E-state index contributed by atoms with van der Waals surface area (Å²) in [6, 6.07) is 12.2. The first-order valence-electron chi connectivity index (χ1n) is 12.7. The monoisotopic (exact) mass is 430 g/mol. The quantitative estimate of drug-likeness (QED) is 0.522. The molecule has 3 aromatic rings. The molecule has 4 heterocycles. The number of hydrogen-bond acceptors (Lipinski definition) is 3. The summed E-state index contributed by atoms with van der Waals surface area (Å²) in [7, 11) is 0. The fourth-order valence-corrected chi connectivity index (χ4v) is 5.79. The van der Waals surface area contributed by atoms with E-state index in [0.717, 1.165) is 12.3 Å². The summed E-state index contributed by atoms with van der Waals surface area (Å²) < 4.78 is 2.52. The molecule has 0 amide bonds. The Morgan fingerprint density at radius 3 is 2.19 bits per heavy atom. The Labute approximate surface area is 193 Å². The summed E-state index contributed by atoms with van der Waals surface area (Å²) in [6.07, 6.45) is 12.5. The van der Waals surface area contributed by atoms with Crippen molar-refractivity contribution in [3.63, 3.8) is 0 Å². The molecule has 0 aliphatic carbocycles. The molecule has 4 heteroatoms. The molecule has 32 heavy (non-hydrogen) atoms. The molecular formula is C28H38N4. The number of nitrogens with zero attached hydrogens (tertiary/aromatic N) is 4. The molecule has 2 aliphatic heterocycles. The van der Waals surface area contributed by atoms with Crippen molar-refractivity contribution < 1.29 is 0 Å². The Hall–Kier alpha value is -2.17. The average molecular weight is 431 g/mol. The molecule has 2 aliphatic rings. The van der Waals surface area contributed by atoms with Gasteiger partial charge in [0.05, 0.1) is 5.52 Å². The van der Waals surface area contributed by atoms with E-state index in [4.69, 9.17) is 0 Å². The third kappa shape index (κ3) is 4.62. The molecule has 5 rings (SSSR count). The van der Waals surface area contributed by atoms with Crippen LogP contribution in [-0.2, 0) is 6.42 Å². The summed E-state index contributed by atoms with van der Waals surface area (Å²) in [5, 5.41) is 1.31. The standard InChI is InChI=1S/C28H38N4/c1-3-23-4-6-24(7-5-23)25-9-14-30(15-10-25)18-19-31-16-11-26(12-17-31)32-21-22(2)27-20-29-13-8-28(27)32/h4-8,13,20-21,25-26H,3,9-12,14-19H2,1-2H3. The highest BCUT2D eigenvalue weighted by molar-refractivity contribution is 5.82. The maximum Gasteiger partial charge on any atom is 0.0516 e. The smallest absolute Gasteiger partial charge is 0.0516 e. The highest BCUT2D eigenvalue weighted by Gasteiger charge is 2.24. The molecule has 0 spiro atoms. The average Bonchev–Trinajstić information content (AvgIpc) is 3.20. The van der Waals surface area contributed by atoms with Crippen LogP contribution in [0.3, 0.4) is 0 Å². The number of rotatable bonds is 6. The van der Waals surface area contributed by atoms with Crippen molar-refractivity contribution in [1.82, 2.24) is 19.4 Å². The van der Waals surface area contributed by atoms with E-state index in [2.05, 4.69) is 69.7 Å². The van der Waals surface area contributed by atoms with Crippen molar-refractivity contribution in [1.29, 1.82) is 0 Å². The van der Waals surface area contributed by atoms with Crippen molar-refractivity contribution in [2.24, 2.45) is 0 Å². The third-order valence-electron chi connectivity index (χ3n) is 7.96. The minimum absolute atomic E-state index is 0.625. The third-order valence-corrected chi connectivity index (χ3v) is 7.96. The lowest BCUT2D eigenvalue weighted by Gasteiger charge is -2.36. The molecule has 0 radical (unpaired) electrons. The minimum atomic E-state index is 0.625. The van der Waals surface area contributed by atoms with E-state index in [1.54, 1.807) is 5.56 Å². The van der Waals surface area contributed by atoms with E-state index in [-0.39, 0.29) is 0 Å². The summed E-state index contributed by atoms with van der Waals surface area (Å²) >= 11 is 0. The molecule has 0 atom stereocenters. The van der Waals surface area contributed by atoms with E-state index in [1.165, 1.54) is 87.0 Å². The SMILES string of the molecule is CCc1ccc(C2CCN(CCN3CCC(n4cc(C)c5cnccc54)CC3)CC2)cc1. The molecular weight excluding hydrogens is 392 g/mol. The van der Waals surface area contributed by atoms with E-state index < -0.39 is 0 Å². The van der Waals surface area contributed by atoms with Gasteiger partial charge in [-0.1, -0.05) is 31.2 Å². The van der Waals surface area contributed by atoms with Gasteiger partial charge in [-0.25, -0.2) is 0 Å². The van der Waals surface area contributed by atoms with Gasteiger partial charge in [-0.3, -0.25) is 4.98 Å². The predicted molar refractivity (Wildman–Crippen MR) is 133 cm³/mol. The predicted octanol–water partition coefficient (Wildman–Crippen LogP) is 5.42. The molecule has 4 nitrogen and oxygen atoms in total. The first-order chi connectivity index (χ1) is 15.7. The Kier molecular flexibility index (Phi) is 6.61. The van der Waals surface area contributed by atoms with Gasteiger partial charge in [0.2, 0.25) is 0 Å². The van der Waals surface area contributed by atoms with Crippen LogP contribution in [0.4, 0.5) is 0 Å². The van der Waals surface area contributed by atoms with Crippen LogP contribution in [0.1, 0.15) is 61.3 Å². The number of piperidine rings is 2. The van der Waals surface area contributed by atoms with E-state index in [1.807, 2.05) is 12.4 Å². The molecule has 2 fully saturated rings. The van der Waals surface area contributed by atoms with E-state index >= 15 is 0 Å². The fraction of sp³-hybridized carbons (Fsp3) is 0.536. The van der Waals surface area contributed by atoms with Crippen molar-refractivity contribution in [3.8, 4) is 0 Å². The van der Waals surface area contributed by atoms with Crippen LogP contribution in [0.5, 0.6) is 0 Å². The second-order valence-electron chi connectivity index (χ2n) is 9.90. The van der Waals surface area contributed by atoms with Crippen molar-refractivity contribution in [2.75, 3.05) is 39.3 Å². The van der Waals surface area contributed by atoms with Crippen molar-refractivity contribution in [3.05, 3.63) is 65.6 Å². The molecule has 2 saturated heterocycles. The summed E-state index contributed by atoms with van der Waals surface area (Å²) in [5.41, 5.74) is 5.70. The van der Waals surface area contributed by atoms with Gasteiger partial charge in [-0.2, -0.15) is 0 Å². The zero-order chi connectivity index (χ0) is 21.9. The van der Waals surface area contributed by atoms with Gasteiger partial charge < -0.3 is 14.4 Å². The number of aromatic nitrogens is 2. The van der Waals surface area contributed by atoms with Crippen LogP contribution in [0.2, 0.25) is 0 Å². The second-order valence-corrected chi connectivity index (χ2v) is 9.90. The zero-order valence-corrected chi connectivity index (χ0v) is 19.8. The largest absolute Gasteiger partial charge is 0.344 e. The van der Waals surface area contributed by atoms with Crippen molar-refractivity contribution in [2.45, 2.75) is 57.9 Å². The van der Waals surface area contributed by atoms with Crippen molar-refractivity contribution >= 4 is 10.9 Å². The Bertz CT molecular complexity index is 1010. The lowest BCUT2D eigenvalue weighted by Crippen LogP contribution is -2.42. The minimum Gasteiger partial charge on any atom is -0.344 e. The van der Waals surface area contributed by atoms with Gasteiger partial charge in [0.1, 0.15) is 0 Å². The van der Waals surface area contributed by atoms with Gasteiger partial charge in [-0.05, 0) is 80.8 Å². The van der Waals surface area contributed by atoms with Crippen LogP contribution in [0, 0.1) is 6.92 Å². The van der Waals surface area contributed by atoms with Gasteiger partial charge in [0.25, 0.3) is 0 Å². The number of likely N-dealkylation sites (tertiary alicyclic amines) is 2. The molecule has 0 saturated carbocycles. The van der Waals surface area contributed by atoms with Gasteiger partial charge in [0, 0.05) is 56.2 Å². The maximum absolute atomic E-state index is 4.32. The van der Waals surface area contributed by atoms with Crippen LogP contribution in [0.25, 0.3) is 10.9 Å². The first kappa shape index (κ1) is 21.7. The van der Waals surface area contributed by atoms with Crippen LogP contribution in [0.15, 0.2) is 48.9 Å². The molecule has 0 unspecified atom stereocenters. The topological polar surface area (TPSA) is 24.3 Å². The Balaban J connectivity index is 1.07. The highest BCUT2D eigenvalue weighted by atomic mass is 15.2. The van der Waals surface area contributed by atoms with Crippen LogP contribution >= 0.6 is 0 Å². The molecule has 1 aromatic carbocycles. The maximum atomic E-state index is 4.32. The Morgan fingerprint density at radius 1 is 0.875 bits per heavy atom. The lowest BCUT2D eigenvalue weighted by atomic mass is 9.89. The molecule has 170 valence electrons. The van der Waals surface area contributed by atoms with Gasteiger partial charge in [-0.15, -0.1) is 0 Å². The van der Waals surface area contributed by atoms with Gasteiger partial charge in [0.15, 0.2) is 0 Å². The van der Waals surface area contributed by atoms with Crippen LogP contribution in [-0.4, -0.2) is 58.6 Å². The van der Waals surface area contributed by atoms with Gasteiger partial charge >= 0.3 is 0 Å².